The van der Waals surface area contributed by atoms with Gasteiger partial charge in [-0.3, -0.25) is 9.97 Å². The van der Waals surface area contributed by atoms with Crippen molar-refractivity contribution < 1.29 is 0 Å². The molecule has 0 bridgehead atoms. The van der Waals surface area contributed by atoms with Crippen LogP contribution in [0.4, 0.5) is 0 Å². The number of allylic oxidation sites excluding steroid dienone is 4. The second-order valence-electron chi connectivity index (χ2n) is 8.20. The monoisotopic (exact) mass is 348 g/mol. The molecule has 0 spiro atoms. The number of nitrogens with zero attached hydrogens (tertiary/aromatic N) is 4. The summed E-state index contributed by atoms with van der Waals surface area (Å²) in [5.74, 6) is 0.844. The molecule has 0 saturated heterocycles. The van der Waals surface area contributed by atoms with Crippen molar-refractivity contribution >= 4 is 0 Å². The number of rotatable bonds is 5. The van der Waals surface area contributed by atoms with Crippen molar-refractivity contribution in [2.24, 2.45) is 5.41 Å². The average Bonchev–Trinajstić information content (AvgIpc) is 2.69. The van der Waals surface area contributed by atoms with Gasteiger partial charge in [-0.25, -0.2) is 9.97 Å². The molecule has 1 aliphatic rings. The molecular formula is C22H28N4. The van der Waals surface area contributed by atoms with Gasteiger partial charge in [0, 0.05) is 41.8 Å². The topological polar surface area (TPSA) is 51.6 Å². The van der Waals surface area contributed by atoms with Crippen molar-refractivity contribution in [3.63, 3.8) is 0 Å². The van der Waals surface area contributed by atoms with Crippen molar-refractivity contribution in [2.75, 3.05) is 0 Å². The maximum Gasteiger partial charge on any atom is 0.135 e. The molecule has 4 nitrogen and oxygen atoms in total. The second kappa shape index (κ2) is 6.75. The molecule has 2 aromatic heterocycles. The fourth-order valence-corrected chi connectivity index (χ4v) is 4.22. The van der Waals surface area contributed by atoms with E-state index in [1.165, 1.54) is 5.57 Å². The minimum absolute atomic E-state index is 0.167. The summed E-state index contributed by atoms with van der Waals surface area (Å²) in [5, 5.41) is 0. The van der Waals surface area contributed by atoms with E-state index in [2.05, 4.69) is 62.8 Å². The van der Waals surface area contributed by atoms with Gasteiger partial charge in [0.25, 0.3) is 0 Å². The van der Waals surface area contributed by atoms with Gasteiger partial charge in [0.2, 0.25) is 0 Å². The smallest absolute Gasteiger partial charge is 0.135 e. The highest BCUT2D eigenvalue weighted by Crippen LogP contribution is 2.56. The molecule has 0 fully saturated rings. The summed E-state index contributed by atoms with van der Waals surface area (Å²) in [6.45, 7) is 11.4. The Labute approximate surface area is 156 Å². The summed E-state index contributed by atoms with van der Waals surface area (Å²) in [4.78, 5) is 18.4. The molecule has 136 valence electrons. The Morgan fingerprint density at radius 1 is 0.846 bits per heavy atom. The van der Waals surface area contributed by atoms with Crippen molar-refractivity contribution in [3.05, 3.63) is 72.4 Å². The van der Waals surface area contributed by atoms with Crippen LogP contribution in [0, 0.1) is 5.41 Å². The van der Waals surface area contributed by atoms with Crippen LogP contribution in [0.2, 0.25) is 0 Å². The molecule has 0 aromatic carbocycles. The second-order valence-corrected chi connectivity index (χ2v) is 8.20. The third-order valence-corrected chi connectivity index (χ3v) is 6.53. The zero-order chi connectivity index (χ0) is 18.8. The van der Waals surface area contributed by atoms with Crippen molar-refractivity contribution in [2.45, 2.75) is 58.3 Å². The van der Waals surface area contributed by atoms with E-state index in [0.29, 0.717) is 0 Å². The molecular weight excluding hydrogens is 320 g/mol. The van der Waals surface area contributed by atoms with Crippen LogP contribution in [0.25, 0.3) is 0 Å². The van der Waals surface area contributed by atoms with E-state index in [9.17, 15) is 0 Å². The molecule has 1 aliphatic carbocycles. The molecule has 0 radical (unpaired) electrons. The van der Waals surface area contributed by atoms with Gasteiger partial charge in [0.05, 0.1) is 5.69 Å². The van der Waals surface area contributed by atoms with E-state index in [0.717, 1.165) is 24.4 Å². The van der Waals surface area contributed by atoms with E-state index in [1.54, 1.807) is 12.4 Å². The van der Waals surface area contributed by atoms with Crippen molar-refractivity contribution in [1.82, 2.24) is 19.9 Å². The van der Waals surface area contributed by atoms with Gasteiger partial charge in [-0.15, -0.1) is 0 Å². The van der Waals surface area contributed by atoms with Crippen LogP contribution in [0.5, 0.6) is 0 Å². The highest BCUT2D eigenvalue weighted by Gasteiger charge is 2.57. The molecule has 4 heteroatoms. The molecule has 2 aromatic rings. The van der Waals surface area contributed by atoms with E-state index >= 15 is 0 Å². The Balaban J connectivity index is 2.24. The largest absolute Gasteiger partial charge is 0.261 e. The van der Waals surface area contributed by atoms with Crippen molar-refractivity contribution in [1.29, 1.82) is 0 Å². The zero-order valence-electron chi connectivity index (χ0n) is 16.4. The van der Waals surface area contributed by atoms with Crippen LogP contribution in [0.3, 0.4) is 0 Å². The Morgan fingerprint density at radius 3 is 2.15 bits per heavy atom. The highest BCUT2D eigenvalue weighted by molar-refractivity contribution is 5.37. The summed E-state index contributed by atoms with van der Waals surface area (Å²) >= 11 is 0. The fraction of sp³-hybridized carbons (Fsp3) is 0.455. The molecule has 0 N–H and O–H groups in total. The first kappa shape index (κ1) is 18.4. The Kier molecular flexibility index (Phi) is 4.78. The first-order valence-electron chi connectivity index (χ1n) is 9.22. The normalized spacial score (nSPS) is 17.5. The maximum absolute atomic E-state index is 4.70. The summed E-state index contributed by atoms with van der Waals surface area (Å²) in [7, 11) is 0. The van der Waals surface area contributed by atoms with Gasteiger partial charge >= 0.3 is 0 Å². The molecule has 26 heavy (non-hydrogen) atoms. The van der Waals surface area contributed by atoms with Crippen LogP contribution in [-0.2, 0) is 10.8 Å². The standard InChI is InChI=1S/C22H28N4/c1-20(2,17-10-7-6-8-11-17)22(5,19-25-12-9-13-26-19)21(3,4)18-16-23-14-15-24-18/h6-7,9-10,12-16H,8,11H2,1-5H3. The quantitative estimate of drug-likeness (QED) is 0.778. The fourth-order valence-electron chi connectivity index (χ4n) is 4.22. The van der Waals surface area contributed by atoms with Gasteiger partial charge in [0.1, 0.15) is 5.82 Å². The number of hydrogen-bond acceptors (Lipinski definition) is 4. The number of hydrogen-bond donors (Lipinski definition) is 0. The Hall–Kier alpha value is -2.36. The lowest BCUT2D eigenvalue weighted by molar-refractivity contribution is 0.110. The number of aromatic nitrogens is 4. The molecule has 0 saturated carbocycles. The predicted molar refractivity (Wildman–Crippen MR) is 105 cm³/mol. The summed E-state index contributed by atoms with van der Waals surface area (Å²) < 4.78 is 0. The minimum atomic E-state index is -0.381. The molecule has 1 atom stereocenters. The van der Waals surface area contributed by atoms with Gasteiger partial charge < -0.3 is 0 Å². The first-order chi connectivity index (χ1) is 12.3. The minimum Gasteiger partial charge on any atom is -0.261 e. The lowest BCUT2D eigenvalue weighted by atomic mass is 9.49. The summed E-state index contributed by atoms with van der Waals surface area (Å²) in [6, 6.07) is 1.87. The van der Waals surface area contributed by atoms with E-state index in [-0.39, 0.29) is 16.2 Å². The van der Waals surface area contributed by atoms with Gasteiger partial charge in [-0.05, 0) is 24.3 Å². The average molecular weight is 348 g/mol. The third-order valence-electron chi connectivity index (χ3n) is 6.53. The predicted octanol–water partition coefficient (Wildman–Crippen LogP) is 4.80. The lowest BCUT2D eigenvalue weighted by Gasteiger charge is -2.53. The summed E-state index contributed by atoms with van der Waals surface area (Å²) in [5.41, 5.74) is 1.50. The van der Waals surface area contributed by atoms with Crippen molar-refractivity contribution in [3.8, 4) is 0 Å². The van der Waals surface area contributed by atoms with Gasteiger partial charge in [-0.1, -0.05) is 58.4 Å². The zero-order valence-corrected chi connectivity index (χ0v) is 16.4. The van der Waals surface area contributed by atoms with Gasteiger partial charge in [-0.2, -0.15) is 0 Å². The van der Waals surface area contributed by atoms with E-state index in [4.69, 9.17) is 9.97 Å². The Bertz CT molecular complexity index is 807. The molecule has 0 amide bonds. The van der Waals surface area contributed by atoms with E-state index in [1.807, 2.05) is 24.7 Å². The van der Waals surface area contributed by atoms with Crippen LogP contribution in [0.15, 0.2) is 60.9 Å². The summed E-state index contributed by atoms with van der Waals surface area (Å²) in [6.07, 6.45) is 17.8. The van der Waals surface area contributed by atoms with E-state index < -0.39 is 0 Å². The first-order valence-corrected chi connectivity index (χ1v) is 9.22. The maximum atomic E-state index is 4.70. The third kappa shape index (κ3) is 2.77. The molecule has 0 aliphatic heterocycles. The SMILES string of the molecule is CC(C)(C1=CC=CCC1)C(C)(c1ncccn1)C(C)(C)c1cnccn1. The molecule has 2 heterocycles. The van der Waals surface area contributed by atoms with Crippen LogP contribution < -0.4 is 0 Å². The van der Waals surface area contributed by atoms with Crippen LogP contribution >= 0.6 is 0 Å². The van der Waals surface area contributed by atoms with Gasteiger partial charge in [0.15, 0.2) is 0 Å². The molecule has 1 unspecified atom stereocenters. The Morgan fingerprint density at radius 2 is 1.58 bits per heavy atom. The van der Waals surface area contributed by atoms with Crippen LogP contribution in [-0.4, -0.2) is 19.9 Å². The highest BCUT2D eigenvalue weighted by atomic mass is 14.9. The van der Waals surface area contributed by atoms with Crippen LogP contribution in [0.1, 0.15) is 59.0 Å². The molecule has 3 rings (SSSR count). The lowest BCUT2D eigenvalue weighted by Crippen LogP contribution is -2.55.